The Labute approximate surface area is 245 Å². The molecule has 10 heteroatoms. The third kappa shape index (κ3) is 6.22. The first-order valence-corrected chi connectivity index (χ1v) is 14.1. The zero-order valence-electron chi connectivity index (χ0n) is 24.7. The number of pyridine rings is 1. The molecule has 214 valence electrons. The van der Waals surface area contributed by atoms with Crippen molar-refractivity contribution in [3.63, 3.8) is 0 Å². The van der Waals surface area contributed by atoms with Crippen LogP contribution in [0.4, 0.5) is 4.39 Å². The number of carbonyl (C=O) groups is 1. The number of aromatic nitrogens is 3. The molecule has 2 aliphatic heterocycles. The minimum atomic E-state index is -2.42. The number of hydrogen-bond donors (Lipinski definition) is 0. The lowest BCUT2D eigenvalue weighted by Crippen LogP contribution is -2.35. The van der Waals surface area contributed by atoms with Crippen LogP contribution >= 0.6 is 11.6 Å². The van der Waals surface area contributed by atoms with E-state index in [0.717, 1.165) is 67.6 Å². The topological polar surface area (TPSA) is 78.7 Å². The van der Waals surface area contributed by atoms with Crippen LogP contribution in [0.2, 0.25) is 5.02 Å². The van der Waals surface area contributed by atoms with Crippen molar-refractivity contribution in [2.45, 2.75) is 50.9 Å². The first kappa shape index (κ1) is 25.2. The molecule has 0 unspecified atom stereocenters. The predicted octanol–water partition coefficient (Wildman–Crippen LogP) is 5.76. The number of methoxy groups -OCH3 is 1. The molecular weight excluding hydrogens is 547 g/mol. The molecule has 0 amide bonds. The van der Waals surface area contributed by atoms with Gasteiger partial charge in [0.05, 0.1) is 45.6 Å². The lowest BCUT2D eigenvalue weighted by atomic mass is 9.93. The summed E-state index contributed by atoms with van der Waals surface area (Å²) in [6, 6.07) is 14.5. The summed E-state index contributed by atoms with van der Waals surface area (Å²) in [5.74, 6) is 0.0321. The average molecular weight is 581 g/mol. The molecule has 4 heterocycles. The van der Waals surface area contributed by atoms with Gasteiger partial charge in [-0.3, -0.25) is 4.90 Å². The standard InChI is InChI=1S/C31H32ClFN4O4/c1-39-31(38)21-6-8-27-28(15-21)37(17-24-11-14-40-24)29(34-27)18-36-12-9-20(10-13-36)26-3-2-4-30(35-26)41-19-22-5-7-23(32)16-25(22)33/h2-8,15-16,20,24H,9-14,17-19H2,1H3/t24-/m0/s1/i19D2. The van der Waals surface area contributed by atoms with Gasteiger partial charge in [0, 0.05) is 34.9 Å². The number of halogens is 2. The van der Waals surface area contributed by atoms with Crippen molar-refractivity contribution >= 4 is 28.6 Å². The Hall–Kier alpha value is -3.53. The van der Waals surface area contributed by atoms with E-state index in [2.05, 4.69) is 14.5 Å². The highest BCUT2D eigenvalue weighted by atomic mass is 35.5. The van der Waals surface area contributed by atoms with Gasteiger partial charge in [-0.1, -0.05) is 23.7 Å². The molecule has 0 spiro atoms. The second-order valence-corrected chi connectivity index (χ2v) is 10.8. The van der Waals surface area contributed by atoms with Gasteiger partial charge in [0.2, 0.25) is 5.88 Å². The zero-order chi connectivity index (χ0) is 30.1. The van der Waals surface area contributed by atoms with Crippen molar-refractivity contribution < 1.29 is 26.1 Å². The van der Waals surface area contributed by atoms with Crippen molar-refractivity contribution in [2.24, 2.45) is 0 Å². The van der Waals surface area contributed by atoms with E-state index in [0.29, 0.717) is 18.7 Å². The van der Waals surface area contributed by atoms with Crippen LogP contribution in [0.1, 0.15) is 55.4 Å². The van der Waals surface area contributed by atoms with Crippen LogP contribution in [0.25, 0.3) is 11.0 Å². The highest BCUT2D eigenvalue weighted by molar-refractivity contribution is 6.30. The normalized spacial score (nSPS) is 19.0. The van der Waals surface area contributed by atoms with E-state index in [1.165, 1.54) is 19.2 Å². The van der Waals surface area contributed by atoms with E-state index in [4.69, 9.17) is 33.5 Å². The molecule has 2 aromatic carbocycles. The molecular formula is C31H32ClFN4O4. The van der Waals surface area contributed by atoms with Crippen LogP contribution in [0.3, 0.4) is 0 Å². The lowest BCUT2D eigenvalue weighted by Gasteiger charge is -2.32. The first-order valence-electron chi connectivity index (χ1n) is 14.7. The average Bonchev–Trinajstić information content (AvgIpc) is 3.30. The third-order valence-corrected chi connectivity index (χ3v) is 7.98. The van der Waals surface area contributed by atoms with Crippen LogP contribution < -0.4 is 4.74 Å². The summed E-state index contributed by atoms with van der Waals surface area (Å²) in [5, 5.41) is 0.181. The van der Waals surface area contributed by atoms with Crippen molar-refractivity contribution in [1.29, 1.82) is 0 Å². The largest absolute Gasteiger partial charge is 0.473 e. The van der Waals surface area contributed by atoms with E-state index in [9.17, 15) is 9.18 Å². The zero-order valence-corrected chi connectivity index (χ0v) is 23.4. The number of imidazole rings is 1. The Balaban J connectivity index is 1.14. The molecule has 0 saturated carbocycles. The second-order valence-electron chi connectivity index (χ2n) is 10.4. The summed E-state index contributed by atoms with van der Waals surface area (Å²) in [6.07, 6.45) is 2.83. The van der Waals surface area contributed by atoms with Gasteiger partial charge in [-0.15, -0.1) is 0 Å². The number of ether oxygens (including phenoxy) is 3. The van der Waals surface area contributed by atoms with E-state index in [1.54, 1.807) is 18.2 Å². The highest BCUT2D eigenvalue weighted by Gasteiger charge is 2.26. The minimum Gasteiger partial charge on any atom is -0.473 e. The van der Waals surface area contributed by atoms with Gasteiger partial charge in [0.1, 0.15) is 18.2 Å². The molecule has 1 atom stereocenters. The number of esters is 1. The fourth-order valence-electron chi connectivity index (χ4n) is 5.36. The van der Waals surface area contributed by atoms with Gasteiger partial charge in [0.25, 0.3) is 0 Å². The number of likely N-dealkylation sites (tertiary alicyclic amines) is 1. The number of carbonyl (C=O) groups excluding carboxylic acids is 1. The molecule has 4 aromatic rings. The molecule has 0 aliphatic carbocycles. The third-order valence-electron chi connectivity index (χ3n) is 7.74. The number of nitrogens with zero attached hydrogens (tertiary/aromatic N) is 4. The van der Waals surface area contributed by atoms with Gasteiger partial charge in [-0.05, 0) is 68.8 Å². The second kappa shape index (κ2) is 12.1. The Morgan fingerprint density at radius 1 is 1.15 bits per heavy atom. The van der Waals surface area contributed by atoms with Gasteiger partial charge in [0.15, 0.2) is 0 Å². The van der Waals surface area contributed by atoms with Gasteiger partial charge >= 0.3 is 5.97 Å². The molecule has 0 radical (unpaired) electrons. The van der Waals surface area contributed by atoms with Crippen molar-refractivity contribution in [3.05, 3.63) is 88.1 Å². The van der Waals surface area contributed by atoms with Crippen LogP contribution in [0.15, 0.2) is 54.6 Å². The van der Waals surface area contributed by atoms with E-state index in [1.807, 2.05) is 18.2 Å². The van der Waals surface area contributed by atoms with Gasteiger partial charge in [-0.2, -0.15) is 0 Å². The van der Waals surface area contributed by atoms with Crippen molar-refractivity contribution in [3.8, 4) is 5.88 Å². The van der Waals surface area contributed by atoms with E-state index in [-0.39, 0.29) is 34.5 Å². The van der Waals surface area contributed by atoms with E-state index >= 15 is 0 Å². The van der Waals surface area contributed by atoms with Crippen molar-refractivity contribution in [1.82, 2.24) is 19.4 Å². The molecule has 0 N–H and O–H groups in total. The van der Waals surface area contributed by atoms with Crippen LogP contribution in [-0.4, -0.2) is 58.3 Å². The SMILES string of the molecule is [2H]C([2H])(Oc1cccc(C2CCN(Cc3nc4ccc(C(=O)OC)cc4n3C[C@@H]3CCO3)CC2)n1)c1ccc(Cl)cc1F. The summed E-state index contributed by atoms with van der Waals surface area (Å²) in [7, 11) is 1.38. The molecule has 41 heavy (non-hydrogen) atoms. The lowest BCUT2D eigenvalue weighted by molar-refractivity contribution is -0.0592. The molecule has 2 aromatic heterocycles. The van der Waals surface area contributed by atoms with Crippen LogP contribution in [-0.2, 0) is 29.1 Å². The maximum Gasteiger partial charge on any atom is 0.337 e. The number of rotatable bonds is 9. The van der Waals surface area contributed by atoms with Crippen LogP contribution in [0, 0.1) is 5.82 Å². The van der Waals surface area contributed by atoms with Gasteiger partial charge < -0.3 is 18.8 Å². The maximum atomic E-state index is 14.4. The maximum absolute atomic E-state index is 14.4. The number of hydrogen-bond acceptors (Lipinski definition) is 7. The molecule has 8 nitrogen and oxygen atoms in total. The fraction of sp³-hybridized carbons (Fsp3) is 0.387. The molecule has 2 saturated heterocycles. The number of benzene rings is 2. The molecule has 0 bridgehead atoms. The predicted molar refractivity (Wildman–Crippen MR) is 153 cm³/mol. The summed E-state index contributed by atoms with van der Waals surface area (Å²) >= 11 is 5.82. The van der Waals surface area contributed by atoms with E-state index < -0.39 is 12.4 Å². The molecule has 2 aliphatic rings. The number of fused-ring (bicyclic) bond motifs is 1. The Morgan fingerprint density at radius 2 is 1.98 bits per heavy atom. The Bertz CT molecular complexity index is 1640. The highest BCUT2D eigenvalue weighted by Crippen LogP contribution is 2.30. The monoisotopic (exact) mass is 580 g/mol. The minimum absolute atomic E-state index is 0.0949. The molecule has 6 rings (SSSR count). The summed E-state index contributed by atoms with van der Waals surface area (Å²) in [6.45, 7) is 1.32. The van der Waals surface area contributed by atoms with Crippen molar-refractivity contribution in [2.75, 3.05) is 26.8 Å². The Kier molecular flexibility index (Phi) is 7.46. The van der Waals surface area contributed by atoms with Gasteiger partial charge in [-0.25, -0.2) is 19.2 Å². The smallest absolute Gasteiger partial charge is 0.337 e. The quantitative estimate of drug-likeness (QED) is 0.233. The summed E-state index contributed by atoms with van der Waals surface area (Å²) in [4.78, 5) is 24.0. The van der Waals surface area contributed by atoms with Crippen LogP contribution in [0.5, 0.6) is 5.88 Å². The Morgan fingerprint density at radius 3 is 2.71 bits per heavy atom. The summed E-state index contributed by atoms with van der Waals surface area (Å²) < 4.78 is 49.3. The summed E-state index contributed by atoms with van der Waals surface area (Å²) in [5.41, 5.74) is 2.78. The number of piperidine rings is 1. The fourth-order valence-corrected chi connectivity index (χ4v) is 5.51. The molecule has 2 fully saturated rings. The first-order chi connectivity index (χ1) is 20.7.